The third-order valence-corrected chi connectivity index (χ3v) is 3.04. The monoisotopic (exact) mass is 259 g/mol. The van der Waals surface area contributed by atoms with E-state index in [1.807, 2.05) is 6.07 Å². The van der Waals surface area contributed by atoms with Crippen molar-refractivity contribution < 1.29 is 13.9 Å². The van der Waals surface area contributed by atoms with Gasteiger partial charge in [0.05, 0.1) is 11.6 Å². The minimum absolute atomic E-state index is 0.224. The van der Waals surface area contributed by atoms with Gasteiger partial charge in [0, 0.05) is 0 Å². The lowest BCUT2D eigenvalue weighted by atomic mass is 9.87. The summed E-state index contributed by atoms with van der Waals surface area (Å²) >= 11 is 0. The number of nitriles is 1. The largest absolute Gasteiger partial charge is 0.381 e. The van der Waals surface area contributed by atoms with Crippen LogP contribution in [0.4, 0.5) is 8.78 Å². The molecular weight excluding hydrogens is 248 g/mol. The number of halogens is 2. The van der Waals surface area contributed by atoms with Crippen LogP contribution in [0, 0.1) is 23.0 Å². The summed E-state index contributed by atoms with van der Waals surface area (Å²) in [6, 6.07) is 11.6. The molecule has 1 unspecified atom stereocenters. The predicted octanol–water partition coefficient (Wildman–Crippen LogP) is 3.09. The number of benzene rings is 2. The molecule has 96 valence electrons. The van der Waals surface area contributed by atoms with Crippen molar-refractivity contribution in [3.63, 3.8) is 0 Å². The molecule has 0 aliphatic carbocycles. The van der Waals surface area contributed by atoms with Crippen LogP contribution in [0.2, 0.25) is 0 Å². The summed E-state index contributed by atoms with van der Waals surface area (Å²) < 4.78 is 26.1. The maximum atomic E-state index is 13.2. The molecule has 19 heavy (non-hydrogen) atoms. The molecule has 0 fully saturated rings. The molecule has 0 amide bonds. The first-order chi connectivity index (χ1) is 8.95. The average molecular weight is 259 g/mol. The number of hydrogen-bond acceptors (Lipinski definition) is 2. The fourth-order valence-corrected chi connectivity index (χ4v) is 1.86. The van der Waals surface area contributed by atoms with E-state index in [0.717, 1.165) is 12.1 Å². The molecule has 0 heterocycles. The summed E-state index contributed by atoms with van der Waals surface area (Å²) in [7, 11) is 0. The normalized spacial score (nSPS) is 13.6. The molecule has 1 atom stereocenters. The van der Waals surface area contributed by atoms with Gasteiger partial charge in [-0.3, -0.25) is 0 Å². The van der Waals surface area contributed by atoms with E-state index in [-0.39, 0.29) is 5.56 Å². The van der Waals surface area contributed by atoms with Crippen molar-refractivity contribution in [3.05, 3.63) is 70.8 Å². The first-order valence-corrected chi connectivity index (χ1v) is 5.63. The SMILES string of the molecule is CC(O)(c1cccc(C#N)c1)c1ccc(F)c(F)c1. The Kier molecular flexibility index (Phi) is 3.32. The molecule has 4 heteroatoms. The van der Waals surface area contributed by atoms with Gasteiger partial charge in [0.25, 0.3) is 0 Å². The van der Waals surface area contributed by atoms with Crippen molar-refractivity contribution in [3.8, 4) is 6.07 Å². The second-order valence-electron chi connectivity index (χ2n) is 4.39. The molecule has 0 saturated heterocycles. The predicted molar refractivity (Wildman–Crippen MR) is 66.2 cm³/mol. The maximum Gasteiger partial charge on any atom is 0.159 e. The van der Waals surface area contributed by atoms with Gasteiger partial charge < -0.3 is 5.11 Å². The number of aliphatic hydroxyl groups is 1. The van der Waals surface area contributed by atoms with Gasteiger partial charge in [-0.2, -0.15) is 5.26 Å². The summed E-state index contributed by atoms with van der Waals surface area (Å²) in [5, 5.41) is 19.3. The molecule has 0 radical (unpaired) electrons. The molecule has 0 aromatic heterocycles. The summed E-state index contributed by atoms with van der Waals surface area (Å²) in [6.45, 7) is 1.47. The lowest BCUT2D eigenvalue weighted by Gasteiger charge is -2.24. The lowest BCUT2D eigenvalue weighted by Crippen LogP contribution is -2.23. The molecule has 0 saturated carbocycles. The molecule has 0 spiro atoms. The van der Waals surface area contributed by atoms with Gasteiger partial charge in [0.2, 0.25) is 0 Å². The third kappa shape index (κ3) is 2.47. The highest BCUT2D eigenvalue weighted by Gasteiger charge is 2.26. The van der Waals surface area contributed by atoms with Crippen LogP contribution in [-0.2, 0) is 5.60 Å². The van der Waals surface area contributed by atoms with Crippen LogP contribution < -0.4 is 0 Å². The Morgan fingerprint density at radius 2 is 1.74 bits per heavy atom. The summed E-state index contributed by atoms with van der Waals surface area (Å²) in [4.78, 5) is 0. The van der Waals surface area contributed by atoms with Gasteiger partial charge in [-0.25, -0.2) is 8.78 Å². The van der Waals surface area contributed by atoms with Crippen molar-refractivity contribution in [2.75, 3.05) is 0 Å². The number of hydrogen-bond donors (Lipinski definition) is 1. The second kappa shape index (κ2) is 4.79. The number of nitrogens with zero attached hydrogens (tertiary/aromatic N) is 1. The Labute approximate surface area is 109 Å². The smallest absolute Gasteiger partial charge is 0.159 e. The first kappa shape index (κ1) is 13.2. The Morgan fingerprint density at radius 1 is 1.05 bits per heavy atom. The molecule has 2 aromatic carbocycles. The minimum Gasteiger partial charge on any atom is -0.381 e. The molecule has 0 bridgehead atoms. The Bertz CT molecular complexity index is 659. The van der Waals surface area contributed by atoms with Gasteiger partial charge in [-0.15, -0.1) is 0 Å². The van der Waals surface area contributed by atoms with Crippen molar-refractivity contribution in [2.45, 2.75) is 12.5 Å². The minimum atomic E-state index is -1.50. The molecular formula is C15H11F2NO. The zero-order chi connectivity index (χ0) is 14.0. The lowest BCUT2D eigenvalue weighted by molar-refractivity contribution is 0.102. The van der Waals surface area contributed by atoms with Crippen LogP contribution in [0.25, 0.3) is 0 Å². The molecule has 0 aliphatic heterocycles. The topological polar surface area (TPSA) is 44.0 Å². The fourth-order valence-electron chi connectivity index (χ4n) is 1.86. The zero-order valence-corrected chi connectivity index (χ0v) is 10.2. The summed E-state index contributed by atoms with van der Waals surface area (Å²) in [6.07, 6.45) is 0. The van der Waals surface area contributed by atoms with Gasteiger partial charge in [-0.05, 0) is 42.3 Å². The van der Waals surface area contributed by atoms with Crippen LogP contribution in [0.15, 0.2) is 42.5 Å². The van der Waals surface area contributed by atoms with Gasteiger partial charge >= 0.3 is 0 Å². The maximum absolute atomic E-state index is 13.2. The molecule has 1 N–H and O–H groups in total. The standard InChI is InChI=1S/C15H11F2NO/c1-15(19,11-4-2-3-10(7-11)9-18)12-5-6-13(16)14(17)8-12/h2-8,19H,1H3. The number of rotatable bonds is 2. The molecule has 2 aromatic rings. The molecule has 0 aliphatic rings. The van der Waals surface area contributed by atoms with Crippen molar-refractivity contribution in [1.29, 1.82) is 5.26 Å². The second-order valence-corrected chi connectivity index (χ2v) is 4.39. The Hall–Kier alpha value is -2.25. The van der Waals surface area contributed by atoms with Crippen LogP contribution in [0.1, 0.15) is 23.6 Å². The first-order valence-electron chi connectivity index (χ1n) is 5.63. The summed E-state index contributed by atoms with van der Waals surface area (Å²) in [5.74, 6) is -1.99. The van der Waals surface area contributed by atoms with E-state index < -0.39 is 17.2 Å². The third-order valence-electron chi connectivity index (χ3n) is 3.04. The quantitative estimate of drug-likeness (QED) is 0.900. The molecule has 2 rings (SSSR count). The van der Waals surface area contributed by atoms with Crippen LogP contribution in [0.3, 0.4) is 0 Å². The van der Waals surface area contributed by atoms with Crippen LogP contribution >= 0.6 is 0 Å². The van der Waals surface area contributed by atoms with Crippen LogP contribution in [-0.4, -0.2) is 5.11 Å². The van der Waals surface area contributed by atoms with Crippen molar-refractivity contribution >= 4 is 0 Å². The Balaban J connectivity index is 2.51. The van der Waals surface area contributed by atoms with E-state index in [1.54, 1.807) is 18.2 Å². The zero-order valence-electron chi connectivity index (χ0n) is 10.2. The van der Waals surface area contributed by atoms with E-state index >= 15 is 0 Å². The summed E-state index contributed by atoms with van der Waals surface area (Å²) in [5.41, 5.74) is -0.444. The van der Waals surface area contributed by atoms with Crippen molar-refractivity contribution in [2.24, 2.45) is 0 Å². The van der Waals surface area contributed by atoms with E-state index in [0.29, 0.717) is 11.1 Å². The van der Waals surface area contributed by atoms with E-state index in [9.17, 15) is 13.9 Å². The highest BCUT2D eigenvalue weighted by atomic mass is 19.2. The van der Waals surface area contributed by atoms with E-state index in [4.69, 9.17) is 5.26 Å². The Morgan fingerprint density at radius 3 is 2.37 bits per heavy atom. The van der Waals surface area contributed by atoms with Gasteiger partial charge in [0.15, 0.2) is 11.6 Å². The highest BCUT2D eigenvalue weighted by molar-refractivity contribution is 5.40. The highest BCUT2D eigenvalue weighted by Crippen LogP contribution is 2.30. The average Bonchev–Trinajstić information content (AvgIpc) is 2.41. The van der Waals surface area contributed by atoms with E-state index in [1.165, 1.54) is 19.1 Å². The molecule has 2 nitrogen and oxygen atoms in total. The van der Waals surface area contributed by atoms with Crippen LogP contribution in [0.5, 0.6) is 0 Å². The fraction of sp³-hybridized carbons (Fsp3) is 0.133. The van der Waals surface area contributed by atoms with Gasteiger partial charge in [-0.1, -0.05) is 18.2 Å². The van der Waals surface area contributed by atoms with E-state index in [2.05, 4.69) is 0 Å². The van der Waals surface area contributed by atoms with Crippen molar-refractivity contribution in [1.82, 2.24) is 0 Å². The van der Waals surface area contributed by atoms with Gasteiger partial charge in [0.1, 0.15) is 5.60 Å².